The van der Waals surface area contributed by atoms with Gasteiger partial charge in [-0.05, 0) is 29.5 Å². The van der Waals surface area contributed by atoms with Crippen LogP contribution in [0, 0.1) is 5.92 Å². The van der Waals surface area contributed by atoms with Crippen LogP contribution in [0.1, 0.15) is 31.7 Å². The van der Waals surface area contributed by atoms with E-state index in [4.69, 9.17) is 0 Å². The molecule has 3 nitrogen and oxygen atoms in total. The molecule has 1 aromatic carbocycles. The highest BCUT2D eigenvalue weighted by Gasteiger charge is 2.20. The lowest BCUT2D eigenvalue weighted by atomic mass is 9.86. The molecule has 88 valence electrons. The molecule has 0 bridgehead atoms. The van der Waals surface area contributed by atoms with Crippen LogP contribution < -0.4 is 0 Å². The predicted octanol–water partition coefficient (Wildman–Crippen LogP) is 2.69. The van der Waals surface area contributed by atoms with Crippen LogP contribution in [-0.2, 0) is 9.53 Å². The standard InChI is InChI=1S/C13H18O3/c1-9(2)12(8-13(15)16-3)10-5-4-6-11(14)7-10/h4-7,9,12,14H,8H2,1-3H3/t12-/m1/s1. The fourth-order valence-corrected chi connectivity index (χ4v) is 1.76. The molecule has 0 amide bonds. The van der Waals surface area contributed by atoms with Gasteiger partial charge in [-0.3, -0.25) is 4.79 Å². The van der Waals surface area contributed by atoms with Crippen molar-refractivity contribution in [3.8, 4) is 5.75 Å². The van der Waals surface area contributed by atoms with Gasteiger partial charge in [0, 0.05) is 0 Å². The third-order valence-electron chi connectivity index (χ3n) is 2.72. The van der Waals surface area contributed by atoms with Crippen LogP contribution in [0.25, 0.3) is 0 Å². The van der Waals surface area contributed by atoms with Crippen molar-refractivity contribution in [1.29, 1.82) is 0 Å². The number of aromatic hydroxyl groups is 1. The van der Waals surface area contributed by atoms with Crippen LogP contribution >= 0.6 is 0 Å². The smallest absolute Gasteiger partial charge is 0.306 e. The maximum Gasteiger partial charge on any atom is 0.306 e. The SMILES string of the molecule is COC(=O)C[C@@H](c1cccc(O)c1)C(C)C. The summed E-state index contributed by atoms with van der Waals surface area (Å²) in [5.74, 6) is 0.413. The Morgan fingerprint density at radius 2 is 2.12 bits per heavy atom. The van der Waals surface area contributed by atoms with Crippen molar-refractivity contribution in [3.63, 3.8) is 0 Å². The summed E-state index contributed by atoms with van der Waals surface area (Å²) in [6.45, 7) is 4.11. The van der Waals surface area contributed by atoms with Crippen LogP contribution in [-0.4, -0.2) is 18.2 Å². The molecule has 0 aliphatic rings. The second-order valence-electron chi connectivity index (χ2n) is 4.23. The molecule has 0 heterocycles. The van der Waals surface area contributed by atoms with E-state index in [0.717, 1.165) is 5.56 Å². The molecule has 0 unspecified atom stereocenters. The number of phenolic OH excluding ortho intramolecular Hbond substituents is 1. The number of carbonyl (C=O) groups excluding carboxylic acids is 1. The molecule has 1 rings (SSSR count). The fraction of sp³-hybridized carbons (Fsp3) is 0.462. The first-order valence-corrected chi connectivity index (χ1v) is 5.40. The molecule has 0 radical (unpaired) electrons. The summed E-state index contributed by atoms with van der Waals surface area (Å²) in [7, 11) is 1.39. The van der Waals surface area contributed by atoms with Crippen LogP contribution in [0.2, 0.25) is 0 Å². The van der Waals surface area contributed by atoms with E-state index >= 15 is 0 Å². The molecule has 0 saturated heterocycles. The summed E-state index contributed by atoms with van der Waals surface area (Å²) < 4.78 is 4.68. The quantitative estimate of drug-likeness (QED) is 0.797. The minimum atomic E-state index is -0.220. The largest absolute Gasteiger partial charge is 0.508 e. The predicted molar refractivity (Wildman–Crippen MR) is 62.3 cm³/mol. The van der Waals surface area contributed by atoms with Crippen LogP contribution in [0.5, 0.6) is 5.75 Å². The highest BCUT2D eigenvalue weighted by atomic mass is 16.5. The Balaban J connectivity index is 2.89. The monoisotopic (exact) mass is 222 g/mol. The minimum Gasteiger partial charge on any atom is -0.508 e. The number of hydrogen-bond acceptors (Lipinski definition) is 3. The summed E-state index contributed by atoms with van der Waals surface area (Å²) in [6, 6.07) is 7.04. The van der Waals surface area contributed by atoms with Gasteiger partial charge < -0.3 is 9.84 Å². The van der Waals surface area contributed by atoms with Gasteiger partial charge in [-0.25, -0.2) is 0 Å². The van der Waals surface area contributed by atoms with Gasteiger partial charge in [-0.2, -0.15) is 0 Å². The van der Waals surface area contributed by atoms with Gasteiger partial charge in [-0.15, -0.1) is 0 Å². The summed E-state index contributed by atoms with van der Waals surface area (Å²) >= 11 is 0. The Morgan fingerprint density at radius 3 is 2.62 bits per heavy atom. The first-order valence-electron chi connectivity index (χ1n) is 5.40. The van der Waals surface area contributed by atoms with Crippen molar-refractivity contribution >= 4 is 5.97 Å². The second kappa shape index (κ2) is 5.54. The summed E-state index contributed by atoms with van der Waals surface area (Å²) in [5, 5.41) is 9.42. The number of esters is 1. The number of phenols is 1. The Kier molecular flexibility index (Phi) is 4.35. The van der Waals surface area contributed by atoms with E-state index in [2.05, 4.69) is 18.6 Å². The van der Waals surface area contributed by atoms with Crippen molar-refractivity contribution in [3.05, 3.63) is 29.8 Å². The molecule has 0 fully saturated rings. The Hall–Kier alpha value is -1.51. The lowest BCUT2D eigenvalue weighted by molar-refractivity contribution is -0.141. The van der Waals surface area contributed by atoms with E-state index in [1.54, 1.807) is 18.2 Å². The minimum absolute atomic E-state index is 0.0829. The zero-order chi connectivity index (χ0) is 12.1. The van der Waals surface area contributed by atoms with Crippen LogP contribution in [0.3, 0.4) is 0 Å². The van der Waals surface area contributed by atoms with Crippen molar-refractivity contribution in [2.24, 2.45) is 5.92 Å². The molecule has 1 N–H and O–H groups in total. The molecule has 1 atom stereocenters. The van der Waals surface area contributed by atoms with Crippen molar-refractivity contribution in [2.75, 3.05) is 7.11 Å². The Morgan fingerprint density at radius 1 is 1.44 bits per heavy atom. The van der Waals surface area contributed by atoms with Gasteiger partial charge in [-0.1, -0.05) is 26.0 Å². The van der Waals surface area contributed by atoms with Crippen molar-refractivity contribution in [2.45, 2.75) is 26.2 Å². The van der Waals surface area contributed by atoms with Crippen molar-refractivity contribution < 1.29 is 14.6 Å². The average molecular weight is 222 g/mol. The maximum atomic E-state index is 11.3. The van der Waals surface area contributed by atoms with Crippen molar-refractivity contribution in [1.82, 2.24) is 0 Å². The first kappa shape index (κ1) is 12.6. The zero-order valence-electron chi connectivity index (χ0n) is 9.93. The van der Waals surface area contributed by atoms with Gasteiger partial charge in [0.2, 0.25) is 0 Å². The third-order valence-corrected chi connectivity index (χ3v) is 2.72. The molecule has 0 spiro atoms. The molecule has 3 heteroatoms. The van der Waals surface area contributed by atoms with E-state index in [9.17, 15) is 9.90 Å². The fourth-order valence-electron chi connectivity index (χ4n) is 1.76. The Labute approximate surface area is 96.1 Å². The molecule has 0 saturated carbocycles. The molecule has 0 aromatic heterocycles. The van der Waals surface area contributed by atoms with Gasteiger partial charge in [0.25, 0.3) is 0 Å². The molecule has 0 aliphatic heterocycles. The number of methoxy groups -OCH3 is 1. The average Bonchev–Trinajstić information content (AvgIpc) is 2.25. The van der Waals surface area contributed by atoms with Crippen LogP contribution in [0.4, 0.5) is 0 Å². The Bertz CT molecular complexity index is 358. The van der Waals surface area contributed by atoms with E-state index in [-0.39, 0.29) is 17.6 Å². The maximum absolute atomic E-state index is 11.3. The number of rotatable bonds is 4. The van der Waals surface area contributed by atoms with Crippen LogP contribution in [0.15, 0.2) is 24.3 Å². The summed E-state index contributed by atoms with van der Waals surface area (Å²) in [5.41, 5.74) is 0.973. The molecule has 16 heavy (non-hydrogen) atoms. The number of ether oxygens (including phenoxy) is 1. The number of hydrogen-bond donors (Lipinski definition) is 1. The van der Waals surface area contributed by atoms with E-state index in [1.807, 2.05) is 6.07 Å². The molecular weight excluding hydrogens is 204 g/mol. The van der Waals surface area contributed by atoms with E-state index in [1.165, 1.54) is 7.11 Å². The highest BCUT2D eigenvalue weighted by Crippen LogP contribution is 2.30. The van der Waals surface area contributed by atoms with Gasteiger partial charge in [0.05, 0.1) is 13.5 Å². The second-order valence-corrected chi connectivity index (χ2v) is 4.23. The normalized spacial score (nSPS) is 12.5. The molecular formula is C13H18O3. The highest BCUT2D eigenvalue weighted by molar-refractivity contribution is 5.70. The summed E-state index contributed by atoms with van der Waals surface area (Å²) in [4.78, 5) is 11.3. The number of carbonyl (C=O) groups is 1. The van der Waals surface area contributed by atoms with Gasteiger partial charge in [0.15, 0.2) is 0 Å². The molecule has 0 aliphatic carbocycles. The number of benzene rings is 1. The first-order chi connectivity index (χ1) is 7.54. The topological polar surface area (TPSA) is 46.5 Å². The zero-order valence-corrected chi connectivity index (χ0v) is 9.93. The van der Waals surface area contributed by atoms with E-state index in [0.29, 0.717) is 12.3 Å². The molecule has 1 aromatic rings. The van der Waals surface area contributed by atoms with E-state index < -0.39 is 0 Å². The third kappa shape index (κ3) is 3.26. The van der Waals surface area contributed by atoms with Gasteiger partial charge >= 0.3 is 5.97 Å². The lowest BCUT2D eigenvalue weighted by Crippen LogP contribution is -2.13. The summed E-state index contributed by atoms with van der Waals surface area (Å²) in [6.07, 6.45) is 0.345. The van der Waals surface area contributed by atoms with Gasteiger partial charge in [0.1, 0.15) is 5.75 Å². The lowest BCUT2D eigenvalue weighted by Gasteiger charge is -2.20.